The van der Waals surface area contributed by atoms with Crippen LogP contribution in [0.5, 0.6) is 0 Å². The maximum Gasteiger partial charge on any atom is 0.333 e. The van der Waals surface area contributed by atoms with Crippen molar-refractivity contribution in [2.75, 3.05) is 6.61 Å². The molecular weight excluding hydrogens is 300 g/mol. The van der Waals surface area contributed by atoms with Crippen LogP contribution < -0.4 is 0 Å². The average molecular weight is 314 g/mol. The molecule has 0 heterocycles. The molecule has 0 aliphatic heterocycles. The number of esters is 1. The molecule has 0 spiro atoms. The van der Waals surface area contributed by atoms with E-state index < -0.39 is 0 Å². The summed E-state index contributed by atoms with van der Waals surface area (Å²) in [5, 5.41) is 0. The lowest BCUT2D eigenvalue weighted by Crippen LogP contribution is -2.21. The van der Waals surface area contributed by atoms with E-state index in [9.17, 15) is 4.79 Å². The van der Waals surface area contributed by atoms with Gasteiger partial charge in [0.2, 0.25) is 0 Å². The van der Waals surface area contributed by atoms with Crippen LogP contribution in [0.25, 0.3) is 0 Å². The van der Waals surface area contributed by atoms with E-state index in [1.807, 2.05) is 0 Å². The lowest BCUT2D eigenvalue weighted by molar-refractivity contribution is -0.138. The van der Waals surface area contributed by atoms with E-state index >= 15 is 0 Å². The Morgan fingerprint density at radius 1 is 1.46 bits per heavy atom. The molecule has 0 aliphatic carbocycles. The second-order valence-corrected chi connectivity index (χ2v) is 5.17. The number of hydrogen-bond acceptors (Lipinski definition) is 2. The van der Waals surface area contributed by atoms with Crippen molar-refractivity contribution in [3.63, 3.8) is 0 Å². The monoisotopic (exact) mass is 312 g/mol. The van der Waals surface area contributed by atoms with Crippen LogP contribution in [0.4, 0.5) is 0 Å². The summed E-state index contributed by atoms with van der Waals surface area (Å²) in [5.74, 6) is -0.333. The Balaban J connectivity index is 3.76. The first kappa shape index (κ1) is 13.2. The van der Waals surface area contributed by atoms with E-state index in [0.717, 1.165) is 6.42 Å². The van der Waals surface area contributed by atoms with Crippen molar-refractivity contribution < 1.29 is 9.53 Å². The van der Waals surface area contributed by atoms with E-state index in [2.05, 4.69) is 45.4 Å². The highest BCUT2D eigenvalue weighted by Crippen LogP contribution is 2.17. The lowest BCUT2D eigenvalue weighted by Gasteiger charge is -2.14. The SMILES string of the molecule is C=C(C)C(=O)OCC(Br)C(Br)CC. The van der Waals surface area contributed by atoms with Crippen LogP contribution in [0.1, 0.15) is 20.3 Å². The molecule has 0 bridgehead atoms. The topological polar surface area (TPSA) is 26.3 Å². The van der Waals surface area contributed by atoms with Crippen LogP contribution >= 0.6 is 31.9 Å². The normalized spacial score (nSPS) is 14.8. The molecule has 0 aromatic rings. The van der Waals surface area contributed by atoms with Crippen molar-refractivity contribution in [2.45, 2.75) is 29.9 Å². The van der Waals surface area contributed by atoms with Crippen LogP contribution in [0, 0.1) is 0 Å². The third kappa shape index (κ3) is 5.47. The zero-order valence-electron chi connectivity index (χ0n) is 7.85. The Labute approximate surface area is 96.0 Å². The van der Waals surface area contributed by atoms with Crippen LogP contribution in [-0.4, -0.2) is 22.2 Å². The van der Waals surface area contributed by atoms with Crippen LogP contribution in [0.15, 0.2) is 12.2 Å². The first-order chi connectivity index (χ1) is 5.99. The molecule has 2 nitrogen and oxygen atoms in total. The molecule has 2 atom stereocenters. The number of ether oxygens (including phenoxy) is 1. The predicted octanol–water partition coefficient (Wildman–Crippen LogP) is 3.04. The number of carbonyl (C=O) groups is 1. The minimum atomic E-state index is -0.333. The molecule has 0 fully saturated rings. The molecule has 2 unspecified atom stereocenters. The quantitative estimate of drug-likeness (QED) is 0.443. The lowest BCUT2D eigenvalue weighted by atomic mass is 10.2. The van der Waals surface area contributed by atoms with Gasteiger partial charge in [-0.2, -0.15) is 0 Å². The number of alkyl halides is 2. The second-order valence-electron chi connectivity index (χ2n) is 2.82. The Hall–Kier alpha value is 0.170. The molecule has 0 saturated heterocycles. The molecule has 0 rings (SSSR count). The number of rotatable bonds is 5. The molecular formula is C9H14Br2O2. The third-order valence-corrected chi connectivity index (χ3v) is 4.40. The molecule has 4 heteroatoms. The van der Waals surface area contributed by atoms with Gasteiger partial charge in [0.25, 0.3) is 0 Å². The van der Waals surface area contributed by atoms with E-state index in [4.69, 9.17) is 4.74 Å². The summed E-state index contributed by atoms with van der Waals surface area (Å²) in [7, 11) is 0. The van der Waals surface area contributed by atoms with Gasteiger partial charge in [-0.25, -0.2) is 4.79 Å². The predicted molar refractivity (Wildman–Crippen MR) is 61.5 cm³/mol. The molecule has 13 heavy (non-hydrogen) atoms. The fourth-order valence-electron chi connectivity index (χ4n) is 0.639. The summed E-state index contributed by atoms with van der Waals surface area (Å²) in [6.45, 7) is 7.57. The average Bonchev–Trinajstić information content (AvgIpc) is 2.11. The Morgan fingerprint density at radius 2 is 2.00 bits per heavy atom. The summed E-state index contributed by atoms with van der Waals surface area (Å²) < 4.78 is 4.97. The third-order valence-electron chi connectivity index (χ3n) is 1.50. The van der Waals surface area contributed by atoms with Crippen molar-refractivity contribution >= 4 is 37.8 Å². The summed E-state index contributed by atoms with van der Waals surface area (Å²) in [6.07, 6.45) is 0.987. The molecule has 0 aliphatic rings. The molecule has 0 saturated carbocycles. The summed E-state index contributed by atoms with van der Waals surface area (Å²) in [5.41, 5.74) is 0.433. The smallest absolute Gasteiger partial charge is 0.333 e. The van der Waals surface area contributed by atoms with E-state index in [0.29, 0.717) is 17.0 Å². The maximum atomic E-state index is 11.0. The van der Waals surface area contributed by atoms with Gasteiger partial charge in [-0.05, 0) is 13.3 Å². The highest BCUT2D eigenvalue weighted by Gasteiger charge is 2.15. The fourth-order valence-corrected chi connectivity index (χ4v) is 1.30. The van der Waals surface area contributed by atoms with Gasteiger partial charge < -0.3 is 4.74 Å². The van der Waals surface area contributed by atoms with Crippen molar-refractivity contribution in [2.24, 2.45) is 0 Å². The van der Waals surface area contributed by atoms with Gasteiger partial charge in [-0.3, -0.25) is 0 Å². The van der Waals surface area contributed by atoms with Crippen LogP contribution in [0.3, 0.4) is 0 Å². The van der Waals surface area contributed by atoms with E-state index in [-0.39, 0.29) is 10.8 Å². The van der Waals surface area contributed by atoms with Gasteiger partial charge in [0.05, 0.1) is 4.83 Å². The number of carbonyl (C=O) groups excluding carboxylic acids is 1. The van der Waals surface area contributed by atoms with Crippen molar-refractivity contribution in [1.29, 1.82) is 0 Å². The van der Waals surface area contributed by atoms with Crippen LogP contribution in [-0.2, 0) is 9.53 Å². The molecule has 0 aromatic heterocycles. The second kappa shape index (κ2) is 6.60. The summed E-state index contributed by atoms with van der Waals surface area (Å²) in [4.78, 5) is 11.5. The molecule has 76 valence electrons. The number of halogens is 2. The zero-order chi connectivity index (χ0) is 10.4. The van der Waals surface area contributed by atoms with Gasteiger partial charge >= 0.3 is 5.97 Å². The minimum absolute atomic E-state index is 0.154. The molecule has 0 N–H and O–H groups in total. The largest absolute Gasteiger partial charge is 0.461 e. The first-order valence-electron chi connectivity index (χ1n) is 4.09. The highest BCUT2D eigenvalue weighted by molar-refractivity contribution is 9.12. The Morgan fingerprint density at radius 3 is 2.38 bits per heavy atom. The molecule has 0 radical (unpaired) electrons. The maximum absolute atomic E-state index is 11.0. The Kier molecular flexibility index (Phi) is 6.68. The standard InChI is InChI=1S/C9H14Br2O2/c1-4-7(10)8(11)5-13-9(12)6(2)3/h7-8H,2,4-5H2,1,3H3. The summed E-state index contributed by atoms with van der Waals surface area (Å²) in [6, 6.07) is 0. The van der Waals surface area contributed by atoms with Crippen molar-refractivity contribution in [1.82, 2.24) is 0 Å². The first-order valence-corrected chi connectivity index (χ1v) is 5.93. The van der Waals surface area contributed by atoms with Crippen LogP contribution in [0.2, 0.25) is 0 Å². The Bertz CT molecular complexity index is 192. The van der Waals surface area contributed by atoms with E-state index in [1.165, 1.54) is 0 Å². The minimum Gasteiger partial charge on any atom is -0.461 e. The highest BCUT2D eigenvalue weighted by atomic mass is 79.9. The van der Waals surface area contributed by atoms with Gasteiger partial charge in [-0.1, -0.05) is 45.4 Å². The van der Waals surface area contributed by atoms with Gasteiger partial charge in [0.1, 0.15) is 6.61 Å². The fraction of sp³-hybridized carbons (Fsp3) is 0.667. The molecule has 0 aromatic carbocycles. The zero-order valence-corrected chi connectivity index (χ0v) is 11.0. The summed E-state index contributed by atoms with van der Waals surface area (Å²) >= 11 is 6.90. The molecule has 0 amide bonds. The van der Waals surface area contributed by atoms with Gasteiger partial charge in [0, 0.05) is 10.4 Å². The van der Waals surface area contributed by atoms with Gasteiger partial charge in [-0.15, -0.1) is 0 Å². The van der Waals surface area contributed by atoms with Gasteiger partial charge in [0.15, 0.2) is 0 Å². The van der Waals surface area contributed by atoms with Crippen molar-refractivity contribution in [3.8, 4) is 0 Å². The van der Waals surface area contributed by atoms with E-state index in [1.54, 1.807) is 6.92 Å². The van der Waals surface area contributed by atoms with Crippen molar-refractivity contribution in [3.05, 3.63) is 12.2 Å². The number of hydrogen-bond donors (Lipinski definition) is 0.